The van der Waals surface area contributed by atoms with Crippen LogP contribution in [-0.2, 0) is 9.59 Å². The fourth-order valence-corrected chi connectivity index (χ4v) is 1.61. The lowest BCUT2D eigenvalue weighted by Gasteiger charge is -2.12. The Morgan fingerprint density at radius 2 is 1.88 bits per heavy atom. The van der Waals surface area contributed by atoms with Crippen LogP contribution in [0.15, 0.2) is 18.2 Å². The fraction of sp³-hybridized carbons (Fsp3) is 0.200. The molecule has 0 spiro atoms. The van der Waals surface area contributed by atoms with Crippen molar-refractivity contribution in [1.82, 2.24) is 0 Å². The monoisotopic (exact) mass is 276 g/mol. The maximum Gasteiger partial charge on any atom is 0.305 e. The van der Waals surface area contributed by atoms with E-state index >= 15 is 0 Å². The van der Waals surface area contributed by atoms with Gasteiger partial charge in [0, 0.05) is 0 Å². The minimum atomic E-state index is -1.15. The number of halogens is 2. The quantitative estimate of drug-likeness (QED) is 0.781. The third-order valence-electron chi connectivity index (χ3n) is 1.94. The molecule has 5 nitrogen and oxygen atoms in total. The summed E-state index contributed by atoms with van der Waals surface area (Å²) in [5, 5.41) is 11.4. The van der Waals surface area contributed by atoms with Crippen LogP contribution in [0.25, 0.3) is 0 Å². The summed E-state index contributed by atoms with van der Waals surface area (Å²) < 4.78 is 0. The van der Waals surface area contributed by atoms with Crippen LogP contribution in [0.5, 0.6) is 0 Å². The second-order valence-corrected chi connectivity index (χ2v) is 4.10. The standard InChI is InChI=1S/C10H10Cl2N2O3/c11-5-2-1-3-6(12)9(5)14-10(17)7(13)4-8(15)16/h1-3,7H,4,13H2,(H,14,17)(H,15,16). The van der Waals surface area contributed by atoms with Crippen LogP contribution >= 0.6 is 23.2 Å². The first-order valence-corrected chi connectivity index (χ1v) is 5.39. The number of anilines is 1. The Morgan fingerprint density at radius 1 is 1.35 bits per heavy atom. The SMILES string of the molecule is NC(CC(=O)O)C(=O)Nc1c(Cl)cccc1Cl. The van der Waals surface area contributed by atoms with Crippen molar-refractivity contribution in [3.05, 3.63) is 28.2 Å². The molecule has 0 bridgehead atoms. The molecule has 0 radical (unpaired) electrons. The molecular weight excluding hydrogens is 267 g/mol. The summed E-state index contributed by atoms with van der Waals surface area (Å²) >= 11 is 11.7. The smallest absolute Gasteiger partial charge is 0.305 e. The highest BCUT2D eigenvalue weighted by Gasteiger charge is 2.18. The first kappa shape index (κ1) is 13.8. The average molecular weight is 277 g/mol. The summed E-state index contributed by atoms with van der Waals surface area (Å²) in [6, 6.07) is 3.56. The van der Waals surface area contributed by atoms with Gasteiger partial charge in [0.2, 0.25) is 5.91 Å². The normalized spacial score (nSPS) is 11.9. The molecule has 7 heteroatoms. The van der Waals surface area contributed by atoms with E-state index in [1.165, 1.54) is 0 Å². The minimum Gasteiger partial charge on any atom is -0.481 e. The molecular formula is C10H10Cl2N2O3. The number of nitrogens with two attached hydrogens (primary N) is 1. The van der Waals surface area contributed by atoms with Gasteiger partial charge in [-0.15, -0.1) is 0 Å². The molecule has 0 fully saturated rings. The number of carboxylic acid groups (broad SMARTS) is 1. The summed E-state index contributed by atoms with van der Waals surface area (Å²) in [6.07, 6.45) is -0.464. The van der Waals surface area contributed by atoms with Gasteiger partial charge in [0.05, 0.1) is 28.2 Å². The number of aliphatic carboxylic acids is 1. The van der Waals surface area contributed by atoms with Gasteiger partial charge >= 0.3 is 5.97 Å². The number of carbonyl (C=O) groups excluding carboxylic acids is 1. The van der Waals surface area contributed by atoms with Crippen LogP contribution < -0.4 is 11.1 Å². The van der Waals surface area contributed by atoms with E-state index in [0.717, 1.165) is 0 Å². The first-order valence-electron chi connectivity index (χ1n) is 4.64. The minimum absolute atomic E-state index is 0.224. The molecule has 4 N–H and O–H groups in total. The highest BCUT2D eigenvalue weighted by Crippen LogP contribution is 2.29. The Morgan fingerprint density at radius 3 is 2.35 bits per heavy atom. The third-order valence-corrected chi connectivity index (χ3v) is 2.57. The van der Waals surface area contributed by atoms with E-state index in [4.69, 9.17) is 34.0 Å². The molecule has 0 aliphatic heterocycles. The van der Waals surface area contributed by atoms with Crippen molar-refractivity contribution in [1.29, 1.82) is 0 Å². The Labute approximate surface area is 108 Å². The molecule has 0 aromatic heterocycles. The largest absolute Gasteiger partial charge is 0.481 e. The van der Waals surface area contributed by atoms with Crippen LogP contribution in [0.1, 0.15) is 6.42 Å². The van der Waals surface area contributed by atoms with Crippen molar-refractivity contribution in [3.8, 4) is 0 Å². The summed E-state index contributed by atoms with van der Waals surface area (Å²) in [5.41, 5.74) is 5.61. The number of benzene rings is 1. The van der Waals surface area contributed by atoms with E-state index in [1.54, 1.807) is 18.2 Å². The van der Waals surface area contributed by atoms with Gasteiger partial charge in [-0.3, -0.25) is 9.59 Å². The molecule has 17 heavy (non-hydrogen) atoms. The van der Waals surface area contributed by atoms with Gasteiger partial charge < -0.3 is 16.2 Å². The number of para-hydroxylation sites is 1. The van der Waals surface area contributed by atoms with Gasteiger partial charge in [0.25, 0.3) is 0 Å². The van der Waals surface area contributed by atoms with Gasteiger partial charge in [-0.2, -0.15) is 0 Å². The van der Waals surface area contributed by atoms with Crippen LogP contribution in [-0.4, -0.2) is 23.0 Å². The first-order chi connectivity index (χ1) is 7.91. The summed E-state index contributed by atoms with van der Waals surface area (Å²) in [7, 11) is 0. The van der Waals surface area contributed by atoms with E-state index in [0.29, 0.717) is 0 Å². The predicted molar refractivity (Wildman–Crippen MR) is 65.3 cm³/mol. The van der Waals surface area contributed by atoms with Crippen molar-refractivity contribution in [2.24, 2.45) is 5.73 Å². The van der Waals surface area contributed by atoms with E-state index < -0.39 is 24.3 Å². The third kappa shape index (κ3) is 3.89. The maximum absolute atomic E-state index is 11.5. The molecule has 92 valence electrons. The number of hydrogen-bond donors (Lipinski definition) is 3. The van der Waals surface area contributed by atoms with Crippen LogP contribution in [0.3, 0.4) is 0 Å². The van der Waals surface area contributed by atoms with E-state index in [1.807, 2.05) is 0 Å². The number of nitrogens with one attached hydrogen (secondary N) is 1. The lowest BCUT2D eigenvalue weighted by molar-refractivity contribution is -0.138. The molecule has 0 aliphatic rings. The van der Waals surface area contributed by atoms with E-state index in [9.17, 15) is 9.59 Å². The van der Waals surface area contributed by atoms with Crippen LogP contribution in [0.2, 0.25) is 10.0 Å². The Balaban J connectivity index is 2.78. The fourth-order valence-electron chi connectivity index (χ4n) is 1.11. The molecule has 0 aliphatic carbocycles. The lowest BCUT2D eigenvalue weighted by atomic mass is 10.2. The molecule has 1 aromatic rings. The predicted octanol–water partition coefficient (Wildman–Crippen LogP) is 1.73. The van der Waals surface area contributed by atoms with Gasteiger partial charge in [-0.25, -0.2) is 0 Å². The summed E-state index contributed by atoms with van der Waals surface area (Å²) in [4.78, 5) is 21.9. The summed E-state index contributed by atoms with van der Waals surface area (Å²) in [6.45, 7) is 0. The summed E-state index contributed by atoms with van der Waals surface area (Å²) in [5.74, 6) is -1.81. The molecule has 0 saturated heterocycles. The topological polar surface area (TPSA) is 92.4 Å². The number of carboxylic acids is 1. The van der Waals surface area contributed by atoms with E-state index in [-0.39, 0.29) is 15.7 Å². The van der Waals surface area contributed by atoms with Gasteiger partial charge in [-0.1, -0.05) is 29.3 Å². The zero-order chi connectivity index (χ0) is 13.0. The molecule has 0 heterocycles. The highest BCUT2D eigenvalue weighted by atomic mass is 35.5. The zero-order valence-corrected chi connectivity index (χ0v) is 10.1. The molecule has 1 unspecified atom stereocenters. The van der Waals surface area contributed by atoms with Crippen LogP contribution in [0.4, 0.5) is 5.69 Å². The van der Waals surface area contributed by atoms with Crippen molar-refractivity contribution < 1.29 is 14.7 Å². The van der Waals surface area contributed by atoms with Crippen molar-refractivity contribution >= 4 is 40.8 Å². The molecule has 0 saturated carbocycles. The average Bonchev–Trinajstić information content (AvgIpc) is 2.22. The second kappa shape index (κ2) is 5.86. The van der Waals surface area contributed by atoms with E-state index in [2.05, 4.69) is 5.32 Å². The number of hydrogen-bond acceptors (Lipinski definition) is 3. The second-order valence-electron chi connectivity index (χ2n) is 3.29. The number of rotatable bonds is 4. The van der Waals surface area contributed by atoms with Gasteiger partial charge in [0.1, 0.15) is 0 Å². The Hall–Kier alpha value is -1.30. The Bertz CT molecular complexity index is 431. The van der Waals surface area contributed by atoms with Crippen LogP contribution in [0, 0.1) is 0 Å². The molecule has 1 aromatic carbocycles. The van der Waals surface area contributed by atoms with Crippen molar-refractivity contribution in [2.45, 2.75) is 12.5 Å². The molecule has 1 amide bonds. The lowest BCUT2D eigenvalue weighted by Crippen LogP contribution is -2.37. The highest BCUT2D eigenvalue weighted by molar-refractivity contribution is 6.39. The maximum atomic E-state index is 11.5. The molecule has 1 rings (SSSR count). The van der Waals surface area contributed by atoms with Gasteiger partial charge in [-0.05, 0) is 12.1 Å². The van der Waals surface area contributed by atoms with Crippen molar-refractivity contribution in [2.75, 3.05) is 5.32 Å². The Kier molecular flexibility index (Phi) is 4.74. The number of carbonyl (C=O) groups is 2. The number of amides is 1. The zero-order valence-electron chi connectivity index (χ0n) is 8.61. The molecule has 1 atom stereocenters. The van der Waals surface area contributed by atoms with Gasteiger partial charge in [0.15, 0.2) is 0 Å². The van der Waals surface area contributed by atoms with Crippen molar-refractivity contribution in [3.63, 3.8) is 0 Å².